The second kappa shape index (κ2) is 7.29. The summed E-state index contributed by atoms with van der Waals surface area (Å²) in [6, 6.07) is 9.97. The average Bonchev–Trinajstić information content (AvgIpc) is 3.28. The Morgan fingerprint density at radius 1 is 1.17 bits per heavy atom. The molecule has 7 nitrogen and oxygen atoms in total. The summed E-state index contributed by atoms with van der Waals surface area (Å²) >= 11 is 0. The van der Waals surface area contributed by atoms with Gasteiger partial charge < -0.3 is 5.32 Å². The quantitative estimate of drug-likeness (QED) is 0.550. The molecule has 0 aliphatic rings. The van der Waals surface area contributed by atoms with Gasteiger partial charge in [0, 0.05) is 18.0 Å². The number of hydrogen-bond donors (Lipinski definition) is 1. The van der Waals surface area contributed by atoms with Crippen LogP contribution in [0.1, 0.15) is 33.0 Å². The Hall–Kier alpha value is -3.69. The summed E-state index contributed by atoms with van der Waals surface area (Å²) in [6.07, 6.45) is -1.51. The van der Waals surface area contributed by atoms with Crippen molar-refractivity contribution in [1.29, 1.82) is 0 Å². The van der Waals surface area contributed by atoms with Gasteiger partial charge in [-0.05, 0) is 31.0 Å². The van der Waals surface area contributed by atoms with Crippen LogP contribution < -0.4 is 5.32 Å². The van der Waals surface area contributed by atoms with E-state index in [4.69, 9.17) is 0 Å². The molecule has 0 unspecified atom stereocenters. The number of nitrogens with zero attached hydrogens (tertiary/aromatic N) is 5. The Labute approximate surface area is 169 Å². The summed E-state index contributed by atoms with van der Waals surface area (Å²) in [5.41, 5.74) is 1.57. The van der Waals surface area contributed by atoms with Gasteiger partial charge in [0.05, 0.1) is 18.4 Å². The molecule has 0 saturated heterocycles. The number of carbonyl (C=O) groups excluding carboxylic acids is 1. The molecule has 3 aromatic heterocycles. The van der Waals surface area contributed by atoms with E-state index in [1.807, 2.05) is 31.2 Å². The number of nitrogens with one attached hydrogen (secondary N) is 1. The maximum absolute atomic E-state index is 13.3. The minimum atomic E-state index is -4.62. The van der Waals surface area contributed by atoms with E-state index in [9.17, 15) is 18.0 Å². The van der Waals surface area contributed by atoms with E-state index in [-0.39, 0.29) is 17.0 Å². The third-order valence-corrected chi connectivity index (χ3v) is 4.56. The first-order chi connectivity index (χ1) is 14.2. The van der Waals surface area contributed by atoms with Crippen LogP contribution in [-0.2, 0) is 12.7 Å². The highest BCUT2D eigenvalue weighted by Gasteiger charge is 2.35. The molecular weight excluding hydrogens is 397 g/mol. The minimum Gasteiger partial charge on any atom is -0.318 e. The van der Waals surface area contributed by atoms with Gasteiger partial charge in [0.25, 0.3) is 5.91 Å². The molecule has 4 rings (SSSR count). The van der Waals surface area contributed by atoms with Crippen LogP contribution in [0, 0.1) is 13.8 Å². The number of benzene rings is 1. The molecule has 10 heteroatoms. The standard InChI is InChI=1S/C20H17F3N6O/c1-12-5-3-4-6-14(12)10-28-11-15(9-24-28)26-19(30)16-8-18-25-13(2)7-17(20(21,22)23)29(18)27-16/h3-9,11H,10H2,1-2H3,(H,26,30). The molecule has 1 aromatic carbocycles. The second-order valence-electron chi connectivity index (χ2n) is 6.89. The van der Waals surface area contributed by atoms with Crippen LogP contribution in [0.3, 0.4) is 0 Å². The van der Waals surface area contributed by atoms with Gasteiger partial charge in [-0.25, -0.2) is 9.50 Å². The molecule has 154 valence electrons. The number of alkyl halides is 3. The lowest BCUT2D eigenvalue weighted by Gasteiger charge is -2.09. The number of carbonyl (C=O) groups is 1. The lowest BCUT2D eigenvalue weighted by Crippen LogP contribution is -2.15. The summed E-state index contributed by atoms with van der Waals surface area (Å²) in [6.45, 7) is 3.97. The molecule has 0 spiro atoms. The monoisotopic (exact) mass is 414 g/mol. The van der Waals surface area contributed by atoms with Gasteiger partial charge in [-0.1, -0.05) is 24.3 Å². The number of anilines is 1. The number of halogens is 3. The van der Waals surface area contributed by atoms with Crippen molar-refractivity contribution >= 4 is 17.2 Å². The predicted molar refractivity (Wildman–Crippen MR) is 103 cm³/mol. The Balaban J connectivity index is 1.55. The first-order valence-electron chi connectivity index (χ1n) is 9.03. The summed E-state index contributed by atoms with van der Waals surface area (Å²) in [7, 11) is 0. The average molecular weight is 414 g/mol. The summed E-state index contributed by atoms with van der Waals surface area (Å²) in [5.74, 6) is -0.651. The van der Waals surface area contributed by atoms with Gasteiger partial charge in [0.2, 0.25) is 0 Å². The smallest absolute Gasteiger partial charge is 0.318 e. The Kier molecular flexibility index (Phi) is 4.76. The van der Waals surface area contributed by atoms with Gasteiger partial charge in [-0.3, -0.25) is 9.48 Å². The normalized spacial score (nSPS) is 11.8. The number of fused-ring (bicyclic) bond motifs is 1. The van der Waals surface area contributed by atoms with Crippen molar-refractivity contribution < 1.29 is 18.0 Å². The van der Waals surface area contributed by atoms with E-state index in [0.29, 0.717) is 16.7 Å². The second-order valence-corrected chi connectivity index (χ2v) is 6.89. The molecule has 0 fully saturated rings. The SMILES string of the molecule is Cc1cc(C(F)(F)F)n2nc(C(=O)Nc3cnn(Cc4ccccc4C)c3)cc2n1. The maximum atomic E-state index is 13.3. The zero-order valence-corrected chi connectivity index (χ0v) is 16.1. The minimum absolute atomic E-state index is 0.0530. The van der Waals surface area contributed by atoms with Crippen molar-refractivity contribution in [3.8, 4) is 0 Å². The Morgan fingerprint density at radius 2 is 1.93 bits per heavy atom. The maximum Gasteiger partial charge on any atom is 0.433 e. The van der Waals surface area contributed by atoms with Gasteiger partial charge in [0.15, 0.2) is 11.3 Å². The molecule has 0 atom stereocenters. The fourth-order valence-electron chi connectivity index (χ4n) is 3.08. The lowest BCUT2D eigenvalue weighted by molar-refractivity contribution is -0.142. The predicted octanol–water partition coefficient (Wildman–Crippen LogP) is 3.86. The molecule has 30 heavy (non-hydrogen) atoms. The molecule has 4 aromatic rings. The summed E-state index contributed by atoms with van der Waals surface area (Å²) < 4.78 is 42.1. The lowest BCUT2D eigenvalue weighted by atomic mass is 10.1. The fraction of sp³-hybridized carbons (Fsp3) is 0.200. The van der Waals surface area contributed by atoms with Crippen LogP contribution in [0.2, 0.25) is 0 Å². The van der Waals surface area contributed by atoms with E-state index >= 15 is 0 Å². The van der Waals surface area contributed by atoms with E-state index in [0.717, 1.165) is 17.2 Å². The van der Waals surface area contributed by atoms with Crippen molar-refractivity contribution in [2.45, 2.75) is 26.6 Å². The highest BCUT2D eigenvalue weighted by atomic mass is 19.4. The van der Waals surface area contributed by atoms with Crippen LogP contribution in [0.5, 0.6) is 0 Å². The topological polar surface area (TPSA) is 77.1 Å². The van der Waals surface area contributed by atoms with Crippen molar-refractivity contribution in [3.05, 3.63) is 77.0 Å². The highest BCUT2D eigenvalue weighted by molar-refractivity contribution is 6.03. The summed E-state index contributed by atoms with van der Waals surface area (Å²) in [5, 5.41) is 10.6. The van der Waals surface area contributed by atoms with Gasteiger partial charge in [-0.15, -0.1) is 0 Å². The van der Waals surface area contributed by atoms with Crippen molar-refractivity contribution in [2.75, 3.05) is 5.32 Å². The zero-order valence-electron chi connectivity index (χ0n) is 16.1. The molecule has 0 aliphatic heterocycles. The van der Waals surface area contributed by atoms with Crippen molar-refractivity contribution in [3.63, 3.8) is 0 Å². The van der Waals surface area contributed by atoms with E-state index < -0.39 is 17.8 Å². The van der Waals surface area contributed by atoms with Crippen LogP contribution in [0.15, 0.2) is 48.8 Å². The van der Waals surface area contributed by atoms with Gasteiger partial charge in [-0.2, -0.15) is 23.4 Å². The summed E-state index contributed by atoms with van der Waals surface area (Å²) in [4.78, 5) is 16.5. The molecule has 3 heterocycles. The first kappa shape index (κ1) is 19.6. The number of aromatic nitrogens is 5. The van der Waals surface area contributed by atoms with Crippen LogP contribution in [0.25, 0.3) is 5.65 Å². The largest absolute Gasteiger partial charge is 0.433 e. The number of hydrogen-bond acceptors (Lipinski definition) is 4. The molecule has 0 saturated carbocycles. The van der Waals surface area contributed by atoms with E-state index in [1.165, 1.54) is 19.2 Å². The Morgan fingerprint density at radius 3 is 2.67 bits per heavy atom. The van der Waals surface area contributed by atoms with Gasteiger partial charge >= 0.3 is 6.18 Å². The van der Waals surface area contributed by atoms with Crippen LogP contribution >= 0.6 is 0 Å². The molecule has 0 aliphatic carbocycles. The molecule has 1 amide bonds. The van der Waals surface area contributed by atoms with E-state index in [1.54, 1.807) is 10.9 Å². The third kappa shape index (κ3) is 3.88. The first-order valence-corrected chi connectivity index (χ1v) is 9.03. The molecule has 0 radical (unpaired) electrons. The van der Waals surface area contributed by atoms with Crippen LogP contribution in [-0.4, -0.2) is 30.3 Å². The fourth-order valence-corrected chi connectivity index (χ4v) is 3.08. The van der Waals surface area contributed by atoms with Crippen molar-refractivity contribution in [2.24, 2.45) is 0 Å². The molecule has 1 N–H and O–H groups in total. The third-order valence-electron chi connectivity index (χ3n) is 4.56. The van der Waals surface area contributed by atoms with Crippen LogP contribution in [0.4, 0.5) is 18.9 Å². The molecular formula is C20H17F3N6O. The number of amides is 1. The number of aryl methyl sites for hydroxylation is 2. The zero-order chi connectivity index (χ0) is 21.5. The highest BCUT2D eigenvalue weighted by Crippen LogP contribution is 2.30. The Bertz CT molecular complexity index is 1240. The number of rotatable bonds is 4. The molecule has 0 bridgehead atoms. The van der Waals surface area contributed by atoms with Crippen molar-refractivity contribution in [1.82, 2.24) is 24.4 Å². The van der Waals surface area contributed by atoms with E-state index in [2.05, 4.69) is 20.5 Å². The van der Waals surface area contributed by atoms with Gasteiger partial charge in [0.1, 0.15) is 5.69 Å².